The molecular formula is C14H24N2O3. The minimum Gasteiger partial charge on any atom is -0.481 e. The minimum absolute atomic E-state index is 0.0207. The summed E-state index contributed by atoms with van der Waals surface area (Å²) in [6.45, 7) is 4.21. The molecule has 0 radical (unpaired) electrons. The molecule has 2 N–H and O–H groups in total. The van der Waals surface area contributed by atoms with E-state index in [-0.39, 0.29) is 18.4 Å². The number of carbonyl (C=O) groups is 2. The Labute approximate surface area is 114 Å². The summed E-state index contributed by atoms with van der Waals surface area (Å²) < 4.78 is 0. The molecule has 1 aliphatic heterocycles. The predicted octanol–water partition coefficient (Wildman–Crippen LogP) is 2.07. The van der Waals surface area contributed by atoms with E-state index in [9.17, 15) is 9.59 Å². The molecule has 1 heterocycles. The van der Waals surface area contributed by atoms with Gasteiger partial charge in [0.25, 0.3) is 0 Å². The van der Waals surface area contributed by atoms with E-state index >= 15 is 0 Å². The van der Waals surface area contributed by atoms with E-state index < -0.39 is 5.97 Å². The summed E-state index contributed by atoms with van der Waals surface area (Å²) in [5, 5.41) is 11.8. The SMILES string of the molecule is CCC1(CNC(=O)N2CCC(CC(=O)O)C2)CCC1. The van der Waals surface area contributed by atoms with Crippen LogP contribution in [-0.4, -0.2) is 41.6 Å². The van der Waals surface area contributed by atoms with Crippen molar-refractivity contribution in [2.75, 3.05) is 19.6 Å². The van der Waals surface area contributed by atoms with Gasteiger partial charge in [-0.15, -0.1) is 0 Å². The maximum atomic E-state index is 12.0. The molecule has 2 aliphatic rings. The number of hydrogen-bond acceptors (Lipinski definition) is 2. The number of likely N-dealkylation sites (tertiary alicyclic amines) is 1. The molecule has 1 unspecified atom stereocenters. The smallest absolute Gasteiger partial charge is 0.317 e. The quantitative estimate of drug-likeness (QED) is 0.802. The van der Waals surface area contributed by atoms with Crippen LogP contribution in [0.15, 0.2) is 0 Å². The van der Waals surface area contributed by atoms with Crippen LogP contribution in [0.2, 0.25) is 0 Å². The minimum atomic E-state index is -0.772. The van der Waals surface area contributed by atoms with Gasteiger partial charge in [-0.05, 0) is 37.0 Å². The summed E-state index contributed by atoms with van der Waals surface area (Å²) in [6.07, 6.45) is 5.79. The number of rotatable bonds is 5. The van der Waals surface area contributed by atoms with Crippen molar-refractivity contribution in [3.63, 3.8) is 0 Å². The third kappa shape index (κ3) is 3.39. The summed E-state index contributed by atoms with van der Waals surface area (Å²) >= 11 is 0. The Kier molecular flexibility index (Phi) is 4.32. The van der Waals surface area contributed by atoms with Gasteiger partial charge in [-0.25, -0.2) is 4.79 Å². The number of hydrogen-bond donors (Lipinski definition) is 2. The van der Waals surface area contributed by atoms with Crippen molar-refractivity contribution in [1.82, 2.24) is 10.2 Å². The van der Waals surface area contributed by atoms with Crippen LogP contribution in [0.5, 0.6) is 0 Å². The van der Waals surface area contributed by atoms with Gasteiger partial charge in [-0.1, -0.05) is 13.3 Å². The van der Waals surface area contributed by atoms with Gasteiger partial charge in [0.05, 0.1) is 0 Å². The molecule has 0 spiro atoms. The van der Waals surface area contributed by atoms with Crippen LogP contribution in [-0.2, 0) is 4.79 Å². The summed E-state index contributed by atoms with van der Waals surface area (Å²) in [4.78, 5) is 24.5. The second-order valence-corrected chi connectivity index (χ2v) is 6.06. The zero-order valence-electron chi connectivity index (χ0n) is 11.7. The number of carboxylic acids is 1. The first-order chi connectivity index (χ1) is 9.04. The van der Waals surface area contributed by atoms with Crippen LogP contribution in [0, 0.1) is 11.3 Å². The molecule has 1 aliphatic carbocycles. The van der Waals surface area contributed by atoms with Gasteiger partial charge < -0.3 is 15.3 Å². The van der Waals surface area contributed by atoms with Gasteiger partial charge in [0, 0.05) is 26.1 Å². The highest BCUT2D eigenvalue weighted by Gasteiger charge is 2.36. The predicted molar refractivity (Wildman–Crippen MR) is 71.9 cm³/mol. The fraction of sp³-hybridized carbons (Fsp3) is 0.857. The van der Waals surface area contributed by atoms with E-state index in [0.717, 1.165) is 19.4 Å². The van der Waals surface area contributed by atoms with Crippen molar-refractivity contribution in [1.29, 1.82) is 0 Å². The largest absolute Gasteiger partial charge is 0.481 e. The molecule has 0 aromatic heterocycles. The molecule has 0 aromatic carbocycles. The van der Waals surface area contributed by atoms with Gasteiger partial charge in [-0.2, -0.15) is 0 Å². The number of nitrogens with one attached hydrogen (secondary N) is 1. The molecule has 108 valence electrons. The van der Waals surface area contributed by atoms with E-state index in [4.69, 9.17) is 5.11 Å². The topological polar surface area (TPSA) is 69.6 Å². The molecule has 1 saturated heterocycles. The second kappa shape index (κ2) is 5.80. The highest BCUT2D eigenvalue weighted by molar-refractivity contribution is 5.74. The van der Waals surface area contributed by atoms with E-state index in [0.29, 0.717) is 18.5 Å². The van der Waals surface area contributed by atoms with Crippen molar-refractivity contribution in [3.8, 4) is 0 Å². The first-order valence-corrected chi connectivity index (χ1v) is 7.29. The van der Waals surface area contributed by atoms with Crippen molar-refractivity contribution < 1.29 is 14.7 Å². The summed E-state index contributed by atoms with van der Waals surface area (Å²) in [6, 6.07) is -0.0207. The van der Waals surface area contributed by atoms with Gasteiger partial charge in [0.15, 0.2) is 0 Å². The number of nitrogens with zero attached hydrogens (tertiary/aromatic N) is 1. The first-order valence-electron chi connectivity index (χ1n) is 7.29. The Morgan fingerprint density at radius 1 is 1.42 bits per heavy atom. The Morgan fingerprint density at radius 2 is 2.16 bits per heavy atom. The monoisotopic (exact) mass is 268 g/mol. The Morgan fingerprint density at radius 3 is 2.68 bits per heavy atom. The normalized spacial score (nSPS) is 24.9. The second-order valence-electron chi connectivity index (χ2n) is 6.06. The van der Waals surface area contributed by atoms with Crippen LogP contribution in [0.1, 0.15) is 45.4 Å². The Bertz CT molecular complexity index is 347. The van der Waals surface area contributed by atoms with E-state index in [1.807, 2.05) is 0 Å². The molecule has 19 heavy (non-hydrogen) atoms. The maximum absolute atomic E-state index is 12.0. The Balaban J connectivity index is 1.73. The van der Waals surface area contributed by atoms with Gasteiger partial charge in [0.2, 0.25) is 0 Å². The number of carboxylic acid groups (broad SMARTS) is 1. The van der Waals surface area contributed by atoms with Gasteiger partial charge in [0.1, 0.15) is 0 Å². The number of urea groups is 1. The molecule has 5 nitrogen and oxygen atoms in total. The average Bonchev–Trinajstić information content (AvgIpc) is 2.75. The number of amides is 2. The lowest BCUT2D eigenvalue weighted by Gasteiger charge is -2.41. The number of aliphatic carboxylic acids is 1. The zero-order valence-corrected chi connectivity index (χ0v) is 11.7. The molecule has 1 saturated carbocycles. The molecule has 2 rings (SSSR count). The molecule has 0 bridgehead atoms. The first kappa shape index (κ1) is 14.2. The van der Waals surface area contributed by atoms with Crippen molar-refractivity contribution >= 4 is 12.0 Å². The molecule has 1 atom stereocenters. The molecule has 5 heteroatoms. The zero-order chi connectivity index (χ0) is 13.9. The van der Waals surface area contributed by atoms with E-state index in [1.165, 1.54) is 19.3 Å². The summed E-state index contributed by atoms with van der Waals surface area (Å²) in [5.41, 5.74) is 0.329. The molecule has 0 aromatic rings. The van der Waals surface area contributed by atoms with Gasteiger partial charge in [-0.3, -0.25) is 4.79 Å². The standard InChI is InChI=1S/C14H24N2O3/c1-2-14(5-3-6-14)10-15-13(19)16-7-4-11(9-16)8-12(17)18/h11H,2-10H2,1H3,(H,15,19)(H,17,18). The molecule has 2 fully saturated rings. The van der Waals surface area contributed by atoms with Crippen molar-refractivity contribution in [3.05, 3.63) is 0 Å². The van der Waals surface area contributed by atoms with E-state index in [1.54, 1.807) is 4.90 Å². The van der Waals surface area contributed by atoms with Crippen LogP contribution in [0.4, 0.5) is 4.79 Å². The van der Waals surface area contributed by atoms with Crippen molar-refractivity contribution in [2.45, 2.75) is 45.4 Å². The summed E-state index contributed by atoms with van der Waals surface area (Å²) in [7, 11) is 0. The van der Waals surface area contributed by atoms with Crippen LogP contribution in [0.3, 0.4) is 0 Å². The fourth-order valence-electron chi connectivity index (χ4n) is 3.14. The fourth-order valence-corrected chi connectivity index (χ4v) is 3.14. The molecular weight excluding hydrogens is 244 g/mol. The van der Waals surface area contributed by atoms with Crippen LogP contribution >= 0.6 is 0 Å². The lowest BCUT2D eigenvalue weighted by Crippen LogP contribution is -2.46. The lowest BCUT2D eigenvalue weighted by atomic mass is 9.67. The number of carbonyl (C=O) groups excluding carboxylic acids is 1. The molecule has 2 amide bonds. The van der Waals surface area contributed by atoms with Crippen LogP contribution < -0.4 is 5.32 Å². The third-order valence-corrected chi connectivity index (χ3v) is 4.82. The highest BCUT2D eigenvalue weighted by atomic mass is 16.4. The third-order valence-electron chi connectivity index (χ3n) is 4.82. The lowest BCUT2D eigenvalue weighted by molar-refractivity contribution is -0.138. The van der Waals surface area contributed by atoms with Crippen molar-refractivity contribution in [2.24, 2.45) is 11.3 Å². The Hall–Kier alpha value is -1.26. The van der Waals surface area contributed by atoms with E-state index in [2.05, 4.69) is 12.2 Å². The van der Waals surface area contributed by atoms with Gasteiger partial charge >= 0.3 is 12.0 Å². The highest BCUT2D eigenvalue weighted by Crippen LogP contribution is 2.43. The van der Waals surface area contributed by atoms with Crippen LogP contribution in [0.25, 0.3) is 0 Å². The average molecular weight is 268 g/mol. The summed E-state index contributed by atoms with van der Waals surface area (Å²) in [5.74, 6) is -0.654. The maximum Gasteiger partial charge on any atom is 0.317 e.